The number of nitrogens with two attached hydrogens (primary N) is 1. The van der Waals surface area contributed by atoms with Gasteiger partial charge in [0, 0.05) is 25.8 Å². The van der Waals surface area contributed by atoms with Gasteiger partial charge in [0.15, 0.2) is 0 Å². The van der Waals surface area contributed by atoms with E-state index in [2.05, 4.69) is 15.3 Å². The van der Waals surface area contributed by atoms with Crippen molar-refractivity contribution in [2.75, 3.05) is 38.0 Å². The number of anilines is 2. The summed E-state index contributed by atoms with van der Waals surface area (Å²) in [6, 6.07) is 3.95. The Bertz CT molecular complexity index is 1020. The molecule has 0 fully saturated rings. The van der Waals surface area contributed by atoms with Gasteiger partial charge in [-0.25, -0.2) is 22.1 Å². The summed E-state index contributed by atoms with van der Waals surface area (Å²) < 4.78 is 43.6. The maximum absolute atomic E-state index is 14.2. The average molecular weight is 440 g/mol. The number of carbonyl (C=O) groups is 1. The molecule has 0 bridgehead atoms. The number of nitrogens with zero attached hydrogens (tertiary/aromatic N) is 3. The number of halogens is 1. The Kier molecular flexibility index (Phi) is 7.68. The molecule has 3 N–H and O–H groups in total. The maximum atomic E-state index is 14.2. The summed E-state index contributed by atoms with van der Waals surface area (Å²) in [5, 5.41) is 3.08. The van der Waals surface area contributed by atoms with E-state index in [9.17, 15) is 17.6 Å². The highest BCUT2D eigenvalue weighted by Crippen LogP contribution is 2.26. The third-order valence-corrected chi connectivity index (χ3v) is 5.98. The van der Waals surface area contributed by atoms with Crippen molar-refractivity contribution in [2.24, 2.45) is 0 Å². The smallest absolute Gasteiger partial charge is 0.224 e. The highest BCUT2D eigenvalue weighted by atomic mass is 32.2. The van der Waals surface area contributed by atoms with E-state index in [1.807, 2.05) is 6.92 Å². The predicted octanol–water partition coefficient (Wildman–Crippen LogP) is 1.91. The predicted molar refractivity (Wildman–Crippen MR) is 113 cm³/mol. The number of benzene rings is 1. The fourth-order valence-electron chi connectivity index (χ4n) is 2.73. The molecule has 164 valence electrons. The molecule has 2 rings (SSSR count). The number of hydrogen-bond acceptors (Lipinski definition) is 8. The van der Waals surface area contributed by atoms with Crippen molar-refractivity contribution in [3.05, 3.63) is 41.3 Å². The first-order valence-corrected chi connectivity index (χ1v) is 11.1. The Morgan fingerprint density at radius 3 is 2.67 bits per heavy atom. The number of sulfonamides is 1. The summed E-state index contributed by atoms with van der Waals surface area (Å²) in [7, 11) is -0.415. The van der Waals surface area contributed by atoms with E-state index in [1.165, 1.54) is 36.8 Å². The van der Waals surface area contributed by atoms with Crippen LogP contribution in [0.3, 0.4) is 0 Å². The highest BCUT2D eigenvalue weighted by molar-refractivity contribution is 7.88. The SMILES string of the molecule is CCC(CCN(C)S(C)(=O)=O)Nc1ncc(C(=O)c2c(F)cccc2OC)c(N)n1. The zero-order valence-electron chi connectivity index (χ0n) is 17.3. The molecule has 1 heterocycles. The quantitative estimate of drug-likeness (QED) is 0.538. The van der Waals surface area contributed by atoms with Gasteiger partial charge in [-0.15, -0.1) is 0 Å². The minimum Gasteiger partial charge on any atom is -0.496 e. The lowest BCUT2D eigenvalue weighted by Gasteiger charge is -2.20. The maximum Gasteiger partial charge on any atom is 0.224 e. The first-order chi connectivity index (χ1) is 14.1. The zero-order chi connectivity index (χ0) is 22.5. The number of nitrogens with one attached hydrogen (secondary N) is 1. The Labute approximate surface area is 175 Å². The Morgan fingerprint density at radius 1 is 1.40 bits per heavy atom. The van der Waals surface area contributed by atoms with Crippen molar-refractivity contribution in [1.29, 1.82) is 0 Å². The molecule has 0 saturated heterocycles. The van der Waals surface area contributed by atoms with E-state index in [0.29, 0.717) is 19.4 Å². The van der Waals surface area contributed by atoms with Crippen molar-refractivity contribution in [2.45, 2.75) is 25.8 Å². The van der Waals surface area contributed by atoms with Gasteiger partial charge in [-0.1, -0.05) is 13.0 Å². The van der Waals surface area contributed by atoms with Crippen LogP contribution in [0.1, 0.15) is 35.7 Å². The van der Waals surface area contributed by atoms with Crippen molar-refractivity contribution >= 4 is 27.6 Å². The van der Waals surface area contributed by atoms with E-state index >= 15 is 0 Å². The molecule has 30 heavy (non-hydrogen) atoms. The van der Waals surface area contributed by atoms with Gasteiger partial charge in [-0.2, -0.15) is 4.98 Å². The molecule has 0 aliphatic heterocycles. The topological polar surface area (TPSA) is 128 Å². The van der Waals surface area contributed by atoms with E-state index < -0.39 is 21.6 Å². The van der Waals surface area contributed by atoms with Gasteiger partial charge in [0.2, 0.25) is 21.8 Å². The summed E-state index contributed by atoms with van der Waals surface area (Å²) in [6.07, 6.45) is 3.59. The fraction of sp³-hybridized carbons (Fsp3) is 0.421. The van der Waals surface area contributed by atoms with Crippen LogP contribution in [0.25, 0.3) is 0 Å². The number of carbonyl (C=O) groups excluding carboxylic acids is 1. The van der Waals surface area contributed by atoms with Gasteiger partial charge in [-0.3, -0.25) is 4.79 Å². The van der Waals surface area contributed by atoms with Gasteiger partial charge in [0.25, 0.3) is 0 Å². The molecular weight excluding hydrogens is 413 g/mol. The summed E-state index contributed by atoms with van der Waals surface area (Å²) in [4.78, 5) is 21.0. The van der Waals surface area contributed by atoms with E-state index in [4.69, 9.17) is 10.5 Å². The van der Waals surface area contributed by atoms with Gasteiger partial charge in [-0.05, 0) is 25.0 Å². The highest BCUT2D eigenvalue weighted by Gasteiger charge is 2.23. The fourth-order valence-corrected chi connectivity index (χ4v) is 3.17. The summed E-state index contributed by atoms with van der Waals surface area (Å²) in [5.74, 6) is -1.25. The third kappa shape index (κ3) is 5.63. The van der Waals surface area contributed by atoms with Crippen molar-refractivity contribution in [1.82, 2.24) is 14.3 Å². The van der Waals surface area contributed by atoms with Gasteiger partial charge < -0.3 is 15.8 Å². The molecule has 0 aliphatic carbocycles. The molecule has 9 nitrogen and oxygen atoms in total. The summed E-state index contributed by atoms with van der Waals surface area (Å²) >= 11 is 0. The molecule has 0 amide bonds. The minimum atomic E-state index is -3.26. The van der Waals surface area contributed by atoms with Gasteiger partial charge in [0.1, 0.15) is 22.9 Å². The van der Waals surface area contributed by atoms with Crippen molar-refractivity contribution in [3.63, 3.8) is 0 Å². The summed E-state index contributed by atoms with van der Waals surface area (Å²) in [6.45, 7) is 2.26. The second-order valence-electron chi connectivity index (χ2n) is 6.76. The second kappa shape index (κ2) is 9.81. The van der Waals surface area contributed by atoms with Gasteiger partial charge in [0.05, 0.1) is 18.9 Å². The Hall–Kier alpha value is -2.79. The summed E-state index contributed by atoms with van der Waals surface area (Å²) in [5.41, 5.74) is 5.64. The molecular formula is C19H26FN5O4S. The van der Waals surface area contributed by atoms with Crippen LogP contribution in [-0.2, 0) is 10.0 Å². The van der Waals surface area contributed by atoms with Crippen LogP contribution in [0.15, 0.2) is 24.4 Å². The van der Waals surface area contributed by atoms with Crippen LogP contribution in [0.2, 0.25) is 0 Å². The number of nitrogen functional groups attached to an aromatic ring is 1. The van der Waals surface area contributed by atoms with Gasteiger partial charge >= 0.3 is 0 Å². The number of rotatable bonds is 10. The van der Waals surface area contributed by atoms with Crippen LogP contribution in [0.5, 0.6) is 5.75 Å². The largest absolute Gasteiger partial charge is 0.496 e. The molecule has 1 aromatic carbocycles. The zero-order valence-corrected chi connectivity index (χ0v) is 18.2. The molecule has 2 aromatic rings. The molecule has 1 unspecified atom stereocenters. The number of ketones is 1. The lowest BCUT2D eigenvalue weighted by atomic mass is 10.0. The lowest BCUT2D eigenvalue weighted by molar-refractivity contribution is 0.103. The second-order valence-corrected chi connectivity index (χ2v) is 8.85. The average Bonchev–Trinajstić information content (AvgIpc) is 2.69. The normalized spacial score (nSPS) is 12.6. The molecule has 0 aliphatic rings. The molecule has 1 aromatic heterocycles. The van der Waals surface area contributed by atoms with E-state index in [1.54, 1.807) is 0 Å². The Morgan fingerprint density at radius 2 is 2.10 bits per heavy atom. The Balaban J connectivity index is 2.18. The van der Waals surface area contributed by atoms with Crippen molar-refractivity contribution < 1.29 is 22.3 Å². The molecule has 1 atom stereocenters. The van der Waals surface area contributed by atoms with Crippen molar-refractivity contribution in [3.8, 4) is 5.75 Å². The standard InChI is InChI=1S/C19H26FN5O4S/c1-5-12(9-10-25(2)30(4,27)28)23-19-22-11-13(18(21)24-19)17(26)16-14(20)7-6-8-15(16)29-3/h6-8,11-12H,5,9-10H2,1-4H3,(H3,21,22,23,24). The number of hydrogen-bond donors (Lipinski definition) is 2. The first-order valence-electron chi connectivity index (χ1n) is 9.26. The minimum absolute atomic E-state index is 0.0474. The molecule has 11 heteroatoms. The van der Waals surface area contributed by atoms with Crippen LogP contribution in [-0.4, -0.2) is 61.5 Å². The van der Waals surface area contributed by atoms with E-state index in [-0.39, 0.29) is 34.7 Å². The molecule has 0 radical (unpaired) electrons. The van der Waals surface area contributed by atoms with Crippen LogP contribution in [0.4, 0.5) is 16.2 Å². The number of aromatic nitrogens is 2. The first kappa shape index (κ1) is 23.5. The number of methoxy groups -OCH3 is 1. The molecule has 0 spiro atoms. The monoisotopic (exact) mass is 439 g/mol. The lowest BCUT2D eigenvalue weighted by Crippen LogP contribution is -2.31. The van der Waals surface area contributed by atoms with Crippen LogP contribution < -0.4 is 15.8 Å². The third-order valence-electron chi connectivity index (χ3n) is 4.67. The van der Waals surface area contributed by atoms with Crippen LogP contribution in [0, 0.1) is 5.82 Å². The number of ether oxygens (including phenoxy) is 1. The van der Waals surface area contributed by atoms with E-state index in [0.717, 1.165) is 12.3 Å². The van der Waals surface area contributed by atoms with Crippen LogP contribution >= 0.6 is 0 Å². The molecule has 0 saturated carbocycles.